The van der Waals surface area contributed by atoms with Crippen LogP contribution in [0.1, 0.15) is 37.5 Å². The van der Waals surface area contributed by atoms with Crippen molar-refractivity contribution in [2.24, 2.45) is 0 Å². The summed E-state index contributed by atoms with van der Waals surface area (Å²) in [6.07, 6.45) is 12.4. The molecule has 1 aromatic carbocycles. The quantitative estimate of drug-likeness (QED) is 0.665. The third-order valence-electron chi connectivity index (χ3n) is 2.06. The first kappa shape index (κ1) is 11.5. The van der Waals surface area contributed by atoms with Gasteiger partial charge in [-0.1, -0.05) is 48.6 Å². The summed E-state index contributed by atoms with van der Waals surface area (Å²) < 4.78 is 0. The Morgan fingerprint density at radius 1 is 0.867 bits per heavy atom. The number of rotatable bonds is 3. The molecule has 0 spiro atoms. The molecule has 0 aliphatic carbocycles. The van der Waals surface area contributed by atoms with E-state index in [9.17, 15) is 0 Å². The van der Waals surface area contributed by atoms with Crippen LogP contribution in [-0.2, 0) is 0 Å². The van der Waals surface area contributed by atoms with Crippen molar-refractivity contribution in [2.45, 2.75) is 20.8 Å². The molecule has 0 bridgehead atoms. The average Bonchev–Trinajstić information content (AvgIpc) is 2.23. The normalized spacial score (nSPS) is 12.2. The first-order valence-electron chi connectivity index (χ1n) is 5.26. The molecule has 0 atom stereocenters. The fourth-order valence-corrected chi connectivity index (χ4v) is 1.44. The van der Waals surface area contributed by atoms with E-state index in [0.29, 0.717) is 0 Å². The molecule has 0 aliphatic rings. The van der Waals surface area contributed by atoms with Crippen molar-refractivity contribution >= 4 is 18.2 Å². The van der Waals surface area contributed by atoms with E-state index in [0.717, 1.165) is 11.1 Å². The zero-order valence-corrected chi connectivity index (χ0v) is 9.62. The molecule has 0 saturated heterocycles. The lowest BCUT2D eigenvalue weighted by Gasteiger charge is -2.02. The molecule has 0 amide bonds. The van der Waals surface area contributed by atoms with Crippen LogP contribution in [0, 0.1) is 6.07 Å². The van der Waals surface area contributed by atoms with E-state index in [2.05, 4.69) is 36.4 Å². The summed E-state index contributed by atoms with van der Waals surface area (Å²) in [5.41, 5.74) is 3.48. The fourth-order valence-electron chi connectivity index (χ4n) is 1.44. The molecule has 0 heterocycles. The number of hydrogen-bond acceptors (Lipinski definition) is 0. The zero-order valence-electron chi connectivity index (χ0n) is 9.62. The SMILES string of the molecule is CC=Cc1[c]c(C=CC)c(C=CC)cc1. The molecule has 0 aromatic heterocycles. The van der Waals surface area contributed by atoms with Crippen molar-refractivity contribution in [1.29, 1.82) is 0 Å². The van der Waals surface area contributed by atoms with Gasteiger partial charge >= 0.3 is 0 Å². The first-order valence-corrected chi connectivity index (χ1v) is 5.26. The minimum Gasteiger partial charge on any atom is -0.0870 e. The Bertz CT molecular complexity index is 392. The van der Waals surface area contributed by atoms with Crippen LogP contribution in [0.5, 0.6) is 0 Å². The van der Waals surface area contributed by atoms with Crippen LogP contribution in [0.15, 0.2) is 30.4 Å². The Labute approximate surface area is 92.6 Å². The molecule has 0 saturated carbocycles. The number of allylic oxidation sites excluding steroid dienone is 3. The third-order valence-corrected chi connectivity index (χ3v) is 2.06. The molecule has 0 aliphatic heterocycles. The summed E-state index contributed by atoms with van der Waals surface area (Å²) in [7, 11) is 0. The zero-order chi connectivity index (χ0) is 11.1. The van der Waals surface area contributed by atoms with Crippen molar-refractivity contribution in [1.82, 2.24) is 0 Å². The van der Waals surface area contributed by atoms with Crippen molar-refractivity contribution in [3.8, 4) is 0 Å². The highest BCUT2D eigenvalue weighted by Gasteiger charge is 1.97. The highest BCUT2D eigenvalue weighted by atomic mass is 14.0. The van der Waals surface area contributed by atoms with Crippen LogP contribution in [0.3, 0.4) is 0 Å². The summed E-state index contributed by atoms with van der Waals surface area (Å²) in [6, 6.07) is 7.59. The third kappa shape index (κ3) is 3.25. The van der Waals surface area contributed by atoms with Crippen LogP contribution >= 0.6 is 0 Å². The summed E-state index contributed by atoms with van der Waals surface area (Å²) in [4.78, 5) is 0. The molecule has 15 heavy (non-hydrogen) atoms. The van der Waals surface area contributed by atoms with Crippen LogP contribution in [-0.4, -0.2) is 0 Å². The van der Waals surface area contributed by atoms with Gasteiger partial charge in [0.2, 0.25) is 0 Å². The lowest BCUT2D eigenvalue weighted by molar-refractivity contribution is 1.54. The molecule has 0 heteroatoms. The molecule has 0 nitrogen and oxygen atoms in total. The Morgan fingerprint density at radius 3 is 2.13 bits per heavy atom. The van der Waals surface area contributed by atoms with E-state index in [-0.39, 0.29) is 0 Å². The Hall–Kier alpha value is -1.56. The molecule has 0 fully saturated rings. The summed E-state index contributed by atoms with van der Waals surface area (Å²) >= 11 is 0. The maximum atomic E-state index is 3.37. The van der Waals surface area contributed by atoms with Crippen LogP contribution < -0.4 is 0 Å². The van der Waals surface area contributed by atoms with Gasteiger partial charge in [-0.25, -0.2) is 0 Å². The maximum Gasteiger partial charge on any atom is -0.00208 e. The van der Waals surface area contributed by atoms with Crippen molar-refractivity contribution in [3.05, 3.63) is 53.1 Å². The van der Waals surface area contributed by atoms with Gasteiger partial charge in [0.25, 0.3) is 0 Å². The van der Waals surface area contributed by atoms with E-state index in [1.165, 1.54) is 5.56 Å². The van der Waals surface area contributed by atoms with Crippen LogP contribution in [0.4, 0.5) is 0 Å². The largest absolute Gasteiger partial charge is 0.0870 e. The Kier molecular flexibility index (Phi) is 4.62. The number of benzene rings is 1. The van der Waals surface area contributed by atoms with Crippen molar-refractivity contribution < 1.29 is 0 Å². The van der Waals surface area contributed by atoms with Crippen LogP contribution in [0.2, 0.25) is 0 Å². The second-order valence-corrected chi connectivity index (χ2v) is 3.28. The molecule has 1 radical (unpaired) electrons. The standard InChI is InChI=1S/C15H17/c1-4-7-13-10-11-14(8-5-2)15(12-13)9-6-3/h4-11H,1-3H3. The Balaban J connectivity index is 3.19. The van der Waals surface area contributed by atoms with E-state index < -0.39 is 0 Å². The predicted octanol–water partition coefficient (Wildman–Crippen LogP) is 4.59. The molecule has 1 rings (SSSR count). The van der Waals surface area contributed by atoms with Gasteiger partial charge in [0.1, 0.15) is 0 Å². The van der Waals surface area contributed by atoms with Gasteiger partial charge < -0.3 is 0 Å². The van der Waals surface area contributed by atoms with Crippen LogP contribution in [0.25, 0.3) is 18.2 Å². The first-order chi connectivity index (χ1) is 7.31. The monoisotopic (exact) mass is 197 g/mol. The highest BCUT2D eigenvalue weighted by molar-refractivity contribution is 5.67. The summed E-state index contributed by atoms with van der Waals surface area (Å²) in [5, 5.41) is 0. The van der Waals surface area contributed by atoms with Gasteiger partial charge in [-0.05, 0) is 43.5 Å². The minimum atomic E-state index is 1.12. The lowest BCUT2D eigenvalue weighted by Crippen LogP contribution is -1.83. The van der Waals surface area contributed by atoms with Crippen molar-refractivity contribution in [3.63, 3.8) is 0 Å². The van der Waals surface area contributed by atoms with E-state index >= 15 is 0 Å². The predicted molar refractivity (Wildman–Crippen MR) is 69.4 cm³/mol. The van der Waals surface area contributed by atoms with Gasteiger partial charge in [-0.2, -0.15) is 0 Å². The van der Waals surface area contributed by atoms with Crippen molar-refractivity contribution in [2.75, 3.05) is 0 Å². The average molecular weight is 197 g/mol. The Morgan fingerprint density at radius 2 is 1.53 bits per heavy atom. The topological polar surface area (TPSA) is 0 Å². The molecular weight excluding hydrogens is 180 g/mol. The molecule has 0 N–H and O–H groups in total. The second-order valence-electron chi connectivity index (χ2n) is 3.28. The maximum absolute atomic E-state index is 3.37. The highest BCUT2D eigenvalue weighted by Crippen LogP contribution is 2.16. The number of hydrogen-bond donors (Lipinski definition) is 0. The van der Waals surface area contributed by atoms with E-state index in [4.69, 9.17) is 0 Å². The van der Waals surface area contributed by atoms with Gasteiger partial charge in [0, 0.05) is 0 Å². The minimum absolute atomic E-state index is 1.12. The van der Waals surface area contributed by atoms with E-state index in [1.54, 1.807) is 0 Å². The lowest BCUT2D eigenvalue weighted by atomic mass is 10.0. The molecule has 77 valence electrons. The molecule has 1 aromatic rings. The van der Waals surface area contributed by atoms with E-state index in [1.807, 2.05) is 39.0 Å². The molecule has 0 unspecified atom stereocenters. The van der Waals surface area contributed by atoms with Gasteiger partial charge in [0.05, 0.1) is 0 Å². The summed E-state index contributed by atoms with van der Waals surface area (Å²) in [6.45, 7) is 6.07. The van der Waals surface area contributed by atoms with Gasteiger partial charge in [0.15, 0.2) is 0 Å². The van der Waals surface area contributed by atoms with Gasteiger partial charge in [-0.15, -0.1) is 0 Å². The molecular formula is C15H17. The fraction of sp³-hybridized carbons (Fsp3) is 0.200. The smallest absolute Gasteiger partial charge is 0.00208 e. The second kappa shape index (κ2) is 6.02. The summed E-state index contributed by atoms with van der Waals surface area (Å²) in [5.74, 6) is 0. The van der Waals surface area contributed by atoms with Gasteiger partial charge in [-0.3, -0.25) is 0 Å².